The fourth-order valence-corrected chi connectivity index (χ4v) is 3.47. The number of nitrogens with one attached hydrogen (secondary N) is 2. The first-order chi connectivity index (χ1) is 13.7. The number of hydrogen-bond acceptors (Lipinski definition) is 5. The lowest BCUT2D eigenvalue weighted by Crippen LogP contribution is -2.27. The van der Waals surface area contributed by atoms with Crippen molar-refractivity contribution in [3.05, 3.63) is 46.7 Å². The van der Waals surface area contributed by atoms with E-state index in [-0.39, 0.29) is 24.8 Å². The number of carbonyl (C=O) groups excluding carboxylic acids is 2. The van der Waals surface area contributed by atoms with Crippen LogP contribution in [0.1, 0.15) is 30.1 Å². The third kappa shape index (κ3) is 5.17. The summed E-state index contributed by atoms with van der Waals surface area (Å²) < 4.78 is 7.41. The van der Waals surface area contributed by atoms with Gasteiger partial charge in [-0.2, -0.15) is 11.3 Å². The molecule has 0 aliphatic carbocycles. The predicted octanol–water partition coefficient (Wildman–Crippen LogP) is 3.28. The fraction of sp³-hybridized carbons (Fsp3) is 0.350. The summed E-state index contributed by atoms with van der Waals surface area (Å²) in [7, 11) is 0. The van der Waals surface area contributed by atoms with Crippen LogP contribution in [0.25, 0.3) is 11.0 Å². The molecule has 0 fully saturated rings. The molecule has 2 aromatic heterocycles. The summed E-state index contributed by atoms with van der Waals surface area (Å²) in [5.41, 5.74) is 2.42. The van der Waals surface area contributed by atoms with Gasteiger partial charge in [-0.25, -0.2) is 4.98 Å². The quantitative estimate of drug-likeness (QED) is 0.512. The van der Waals surface area contributed by atoms with Gasteiger partial charge >= 0.3 is 0 Å². The number of imidazole rings is 1. The standard InChI is InChI=1S/C20H24N4O3S/c1-2-27-12-5-11-24-17-7-4-3-6-16(17)22-20(24)23-18(25)8-10-21-19(26)15-9-13-28-14-15/h3-4,6-7,9,13-14H,2,5,8,10-12H2,1H3,(H,21,26)(H,22,23,25). The smallest absolute Gasteiger partial charge is 0.252 e. The number of aromatic nitrogens is 2. The Kier molecular flexibility index (Phi) is 7.16. The van der Waals surface area contributed by atoms with Crippen molar-refractivity contribution >= 4 is 40.1 Å². The van der Waals surface area contributed by atoms with Gasteiger partial charge in [0.2, 0.25) is 11.9 Å². The predicted molar refractivity (Wildman–Crippen MR) is 111 cm³/mol. The zero-order valence-corrected chi connectivity index (χ0v) is 16.6. The molecule has 2 amide bonds. The molecule has 1 aromatic carbocycles. The number of anilines is 1. The van der Waals surface area contributed by atoms with E-state index in [0.717, 1.165) is 17.5 Å². The number of nitrogens with zero attached hydrogens (tertiary/aromatic N) is 2. The van der Waals surface area contributed by atoms with Crippen molar-refractivity contribution in [3.8, 4) is 0 Å². The van der Waals surface area contributed by atoms with Crippen molar-refractivity contribution in [1.29, 1.82) is 0 Å². The number of ether oxygens (including phenoxy) is 1. The highest BCUT2D eigenvalue weighted by atomic mass is 32.1. The van der Waals surface area contributed by atoms with Crippen molar-refractivity contribution in [1.82, 2.24) is 14.9 Å². The van der Waals surface area contributed by atoms with Crippen LogP contribution in [0.4, 0.5) is 5.95 Å². The molecule has 148 valence electrons. The van der Waals surface area contributed by atoms with E-state index in [1.807, 2.05) is 41.1 Å². The highest BCUT2D eigenvalue weighted by molar-refractivity contribution is 7.08. The summed E-state index contributed by atoms with van der Waals surface area (Å²) in [6, 6.07) is 9.54. The van der Waals surface area contributed by atoms with Gasteiger partial charge < -0.3 is 14.6 Å². The van der Waals surface area contributed by atoms with Gasteiger partial charge in [-0.3, -0.25) is 14.9 Å². The summed E-state index contributed by atoms with van der Waals surface area (Å²) in [5, 5.41) is 9.25. The van der Waals surface area contributed by atoms with Crippen molar-refractivity contribution in [3.63, 3.8) is 0 Å². The van der Waals surface area contributed by atoms with Crippen LogP contribution < -0.4 is 10.6 Å². The SMILES string of the molecule is CCOCCCn1c(NC(=O)CCNC(=O)c2ccsc2)nc2ccccc21. The number of rotatable bonds is 10. The third-order valence-corrected chi connectivity index (χ3v) is 4.88. The first-order valence-corrected chi connectivity index (χ1v) is 10.3. The zero-order valence-electron chi connectivity index (χ0n) is 15.8. The highest BCUT2D eigenvalue weighted by Gasteiger charge is 2.13. The average molecular weight is 401 g/mol. The van der Waals surface area contributed by atoms with Crippen LogP contribution in [0.5, 0.6) is 0 Å². The zero-order chi connectivity index (χ0) is 19.8. The number of para-hydroxylation sites is 2. The Balaban J connectivity index is 1.59. The number of fused-ring (bicyclic) bond motifs is 1. The first kappa shape index (κ1) is 20.0. The molecule has 0 spiro atoms. The van der Waals surface area contributed by atoms with E-state index in [1.165, 1.54) is 11.3 Å². The minimum Gasteiger partial charge on any atom is -0.382 e. The molecule has 3 aromatic rings. The number of hydrogen-bond donors (Lipinski definition) is 2. The Morgan fingerprint density at radius 3 is 2.89 bits per heavy atom. The summed E-state index contributed by atoms with van der Waals surface area (Å²) in [6.45, 7) is 4.28. The Morgan fingerprint density at radius 2 is 2.11 bits per heavy atom. The maximum atomic E-state index is 12.3. The van der Waals surface area contributed by atoms with Crippen molar-refractivity contribution in [2.45, 2.75) is 26.3 Å². The van der Waals surface area contributed by atoms with Gasteiger partial charge in [-0.1, -0.05) is 12.1 Å². The number of thiophene rings is 1. The van der Waals surface area contributed by atoms with Gasteiger partial charge in [0, 0.05) is 43.7 Å². The van der Waals surface area contributed by atoms with Gasteiger partial charge in [-0.05, 0) is 36.9 Å². The molecule has 8 heteroatoms. The monoisotopic (exact) mass is 400 g/mol. The molecule has 7 nitrogen and oxygen atoms in total. The molecular weight excluding hydrogens is 376 g/mol. The van der Waals surface area contributed by atoms with E-state index in [1.54, 1.807) is 11.4 Å². The third-order valence-electron chi connectivity index (χ3n) is 4.20. The minimum absolute atomic E-state index is 0.169. The largest absolute Gasteiger partial charge is 0.382 e. The topological polar surface area (TPSA) is 85.2 Å². The van der Waals surface area contributed by atoms with Gasteiger partial charge in [0.15, 0.2) is 0 Å². The van der Waals surface area contributed by atoms with E-state index >= 15 is 0 Å². The molecule has 0 atom stereocenters. The van der Waals surface area contributed by atoms with Crippen molar-refractivity contribution in [2.24, 2.45) is 0 Å². The lowest BCUT2D eigenvalue weighted by atomic mass is 10.3. The Morgan fingerprint density at radius 1 is 1.25 bits per heavy atom. The first-order valence-electron chi connectivity index (χ1n) is 9.32. The Labute approximate surface area is 167 Å². The lowest BCUT2D eigenvalue weighted by molar-refractivity contribution is -0.116. The molecule has 2 heterocycles. The summed E-state index contributed by atoms with van der Waals surface area (Å²) in [5.74, 6) is 0.163. The van der Waals surface area contributed by atoms with Gasteiger partial charge in [0.25, 0.3) is 5.91 Å². The molecule has 0 unspecified atom stereocenters. The average Bonchev–Trinajstić information content (AvgIpc) is 3.34. The van der Waals surface area contributed by atoms with Crippen molar-refractivity contribution in [2.75, 3.05) is 25.1 Å². The molecule has 0 radical (unpaired) electrons. The van der Waals surface area contributed by atoms with E-state index in [4.69, 9.17) is 4.74 Å². The van der Waals surface area contributed by atoms with Crippen LogP contribution in [0.3, 0.4) is 0 Å². The molecule has 0 saturated carbocycles. The van der Waals surface area contributed by atoms with Crippen LogP contribution in [0, 0.1) is 0 Å². The Hall–Kier alpha value is -2.71. The van der Waals surface area contributed by atoms with Crippen molar-refractivity contribution < 1.29 is 14.3 Å². The molecule has 28 heavy (non-hydrogen) atoms. The molecule has 0 aliphatic rings. The fourth-order valence-electron chi connectivity index (χ4n) is 2.84. The van der Waals surface area contributed by atoms with Gasteiger partial charge in [0.05, 0.1) is 11.0 Å². The van der Waals surface area contributed by atoms with Crippen LogP contribution in [0.2, 0.25) is 0 Å². The lowest BCUT2D eigenvalue weighted by Gasteiger charge is -2.10. The number of amides is 2. The summed E-state index contributed by atoms with van der Waals surface area (Å²) >= 11 is 1.46. The van der Waals surface area contributed by atoms with Crippen LogP contribution in [0.15, 0.2) is 41.1 Å². The normalized spacial score (nSPS) is 10.9. The second kappa shape index (κ2) is 10.0. The van der Waals surface area contributed by atoms with Crippen LogP contribution >= 0.6 is 11.3 Å². The summed E-state index contributed by atoms with van der Waals surface area (Å²) in [4.78, 5) is 28.8. The maximum absolute atomic E-state index is 12.3. The molecule has 0 bridgehead atoms. The highest BCUT2D eigenvalue weighted by Crippen LogP contribution is 2.20. The van der Waals surface area contributed by atoms with E-state index in [2.05, 4.69) is 15.6 Å². The Bertz CT molecular complexity index is 921. The number of benzene rings is 1. The summed E-state index contributed by atoms with van der Waals surface area (Å²) in [6.07, 6.45) is 1.01. The molecular formula is C20H24N4O3S. The van der Waals surface area contributed by atoms with Gasteiger partial charge in [-0.15, -0.1) is 0 Å². The molecule has 3 rings (SSSR count). The molecule has 2 N–H and O–H groups in total. The van der Waals surface area contributed by atoms with Crippen LogP contribution in [-0.4, -0.2) is 41.1 Å². The number of carbonyl (C=O) groups is 2. The van der Waals surface area contributed by atoms with E-state index in [9.17, 15) is 9.59 Å². The minimum atomic E-state index is -0.188. The molecule has 0 aliphatic heterocycles. The maximum Gasteiger partial charge on any atom is 0.252 e. The molecule has 0 saturated heterocycles. The second-order valence-corrected chi connectivity index (χ2v) is 6.97. The number of aryl methyl sites for hydroxylation is 1. The van der Waals surface area contributed by atoms with E-state index < -0.39 is 0 Å². The van der Waals surface area contributed by atoms with Crippen LogP contribution in [-0.2, 0) is 16.1 Å². The van der Waals surface area contributed by atoms with Gasteiger partial charge in [0.1, 0.15) is 0 Å². The second-order valence-electron chi connectivity index (χ2n) is 6.19. The van der Waals surface area contributed by atoms with E-state index in [0.29, 0.717) is 31.3 Å².